The molecule has 2 atom stereocenters. The highest BCUT2D eigenvalue weighted by atomic mass is 16.5. The van der Waals surface area contributed by atoms with Crippen molar-refractivity contribution in [3.05, 3.63) is 60.7 Å². The lowest BCUT2D eigenvalue weighted by Gasteiger charge is -2.34. The van der Waals surface area contributed by atoms with Crippen molar-refractivity contribution in [1.29, 1.82) is 0 Å². The van der Waals surface area contributed by atoms with Crippen molar-refractivity contribution in [2.24, 2.45) is 5.41 Å². The van der Waals surface area contributed by atoms with Crippen LogP contribution in [0.2, 0.25) is 0 Å². The fraction of sp³-hybridized carbons (Fsp3) is 0.368. The van der Waals surface area contributed by atoms with Crippen LogP contribution in [-0.4, -0.2) is 35.6 Å². The number of ether oxygens (including phenoxy) is 2. The van der Waals surface area contributed by atoms with Crippen LogP contribution in [0.25, 0.3) is 0 Å². The van der Waals surface area contributed by atoms with E-state index in [2.05, 4.69) is 0 Å². The Kier molecular flexibility index (Phi) is 6.02. The predicted molar refractivity (Wildman–Crippen MR) is 89.7 cm³/mol. The van der Waals surface area contributed by atoms with Gasteiger partial charge in [0.25, 0.3) is 0 Å². The van der Waals surface area contributed by atoms with Crippen LogP contribution in [0.15, 0.2) is 60.7 Å². The summed E-state index contributed by atoms with van der Waals surface area (Å²) in [6.07, 6.45) is -1.64. The highest BCUT2D eigenvalue weighted by molar-refractivity contribution is 5.21. The van der Waals surface area contributed by atoms with Crippen molar-refractivity contribution < 1.29 is 19.7 Å². The summed E-state index contributed by atoms with van der Waals surface area (Å²) in [4.78, 5) is 0. The van der Waals surface area contributed by atoms with Gasteiger partial charge in [0, 0.05) is 5.41 Å². The molecule has 0 saturated heterocycles. The van der Waals surface area contributed by atoms with Crippen molar-refractivity contribution >= 4 is 0 Å². The monoisotopic (exact) mass is 316 g/mol. The van der Waals surface area contributed by atoms with E-state index in [9.17, 15) is 10.2 Å². The molecule has 0 aromatic heterocycles. The van der Waals surface area contributed by atoms with Crippen LogP contribution in [-0.2, 0) is 0 Å². The standard InChI is InChI=1S/C19H24O4/c1-19(2,17(20)13-22-15-9-5-3-6-10-15)18(21)14-23-16-11-7-4-8-12-16/h3-12,17-18,20-21H,13-14H2,1-2H3. The summed E-state index contributed by atoms with van der Waals surface area (Å²) in [5, 5.41) is 20.7. The molecule has 4 nitrogen and oxygen atoms in total. The predicted octanol–water partition coefficient (Wildman–Crippen LogP) is 2.89. The average molecular weight is 316 g/mol. The first kappa shape index (κ1) is 17.3. The fourth-order valence-corrected chi connectivity index (χ4v) is 2.04. The van der Waals surface area contributed by atoms with Gasteiger partial charge in [-0.15, -0.1) is 0 Å². The molecular formula is C19H24O4. The first-order valence-corrected chi connectivity index (χ1v) is 7.72. The van der Waals surface area contributed by atoms with Gasteiger partial charge < -0.3 is 19.7 Å². The smallest absolute Gasteiger partial charge is 0.119 e. The van der Waals surface area contributed by atoms with Crippen molar-refractivity contribution in [2.75, 3.05) is 13.2 Å². The van der Waals surface area contributed by atoms with Gasteiger partial charge in [-0.25, -0.2) is 0 Å². The van der Waals surface area contributed by atoms with Gasteiger partial charge >= 0.3 is 0 Å². The van der Waals surface area contributed by atoms with E-state index in [1.54, 1.807) is 13.8 Å². The maximum Gasteiger partial charge on any atom is 0.119 e. The molecule has 0 spiro atoms. The van der Waals surface area contributed by atoms with Gasteiger partial charge in [-0.3, -0.25) is 0 Å². The maximum atomic E-state index is 10.4. The largest absolute Gasteiger partial charge is 0.491 e. The molecule has 0 fully saturated rings. The molecular weight excluding hydrogens is 292 g/mol. The first-order chi connectivity index (χ1) is 11.0. The van der Waals surface area contributed by atoms with Gasteiger partial charge in [-0.2, -0.15) is 0 Å². The Morgan fingerprint density at radius 2 is 1.09 bits per heavy atom. The maximum absolute atomic E-state index is 10.4. The SMILES string of the molecule is CC(C)(C(O)COc1ccccc1)C(O)COc1ccccc1. The second-order valence-corrected chi connectivity index (χ2v) is 6.10. The first-order valence-electron chi connectivity index (χ1n) is 7.72. The third kappa shape index (κ3) is 4.98. The zero-order valence-corrected chi connectivity index (χ0v) is 13.6. The topological polar surface area (TPSA) is 58.9 Å². The molecule has 0 radical (unpaired) electrons. The van der Waals surface area contributed by atoms with E-state index < -0.39 is 17.6 Å². The Bertz CT molecular complexity index is 517. The van der Waals surface area contributed by atoms with Gasteiger partial charge in [0.2, 0.25) is 0 Å². The third-order valence-corrected chi connectivity index (χ3v) is 4.02. The summed E-state index contributed by atoms with van der Waals surface area (Å²) in [6, 6.07) is 18.6. The molecule has 124 valence electrons. The second kappa shape index (κ2) is 7.99. The van der Waals surface area contributed by atoms with Crippen molar-refractivity contribution in [3.63, 3.8) is 0 Å². The summed E-state index contributed by atoms with van der Waals surface area (Å²) < 4.78 is 11.1. The quantitative estimate of drug-likeness (QED) is 0.786. The number of para-hydroxylation sites is 2. The summed E-state index contributed by atoms with van der Waals surface area (Å²) in [7, 11) is 0. The van der Waals surface area contributed by atoms with Crippen molar-refractivity contribution in [2.45, 2.75) is 26.1 Å². The van der Waals surface area contributed by atoms with E-state index in [0.29, 0.717) is 11.5 Å². The molecule has 23 heavy (non-hydrogen) atoms. The minimum atomic E-state index is -0.822. The fourth-order valence-electron chi connectivity index (χ4n) is 2.04. The summed E-state index contributed by atoms with van der Waals surface area (Å²) in [6.45, 7) is 3.81. The third-order valence-electron chi connectivity index (χ3n) is 4.02. The molecule has 0 aliphatic heterocycles. The molecule has 2 rings (SSSR count). The van der Waals surface area contributed by atoms with E-state index in [1.807, 2.05) is 60.7 Å². The molecule has 0 heterocycles. The van der Waals surface area contributed by atoms with Gasteiger partial charge in [0.1, 0.15) is 24.7 Å². The number of hydrogen-bond acceptors (Lipinski definition) is 4. The van der Waals surface area contributed by atoms with Crippen LogP contribution in [0.1, 0.15) is 13.8 Å². The molecule has 0 saturated carbocycles. The Morgan fingerprint density at radius 3 is 1.43 bits per heavy atom. The van der Waals surface area contributed by atoms with Crippen LogP contribution in [0.4, 0.5) is 0 Å². The Morgan fingerprint density at radius 1 is 0.739 bits per heavy atom. The van der Waals surface area contributed by atoms with E-state index in [1.165, 1.54) is 0 Å². The van der Waals surface area contributed by atoms with Crippen LogP contribution in [0.3, 0.4) is 0 Å². The number of rotatable bonds is 8. The molecule has 0 bridgehead atoms. The van der Waals surface area contributed by atoms with E-state index in [4.69, 9.17) is 9.47 Å². The Labute approximate surface area is 137 Å². The molecule has 2 N–H and O–H groups in total. The number of hydrogen-bond donors (Lipinski definition) is 2. The number of aliphatic hydroxyl groups is 2. The normalized spacial score (nSPS) is 14.1. The Hall–Kier alpha value is -2.04. The van der Waals surface area contributed by atoms with E-state index in [0.717, 1.165) is 0 Å². The van der Waals surface area contributed by atoms with Gasteiger partial charge in [0.05, 0.1) is 12.2 Å². The van der Waals surface area contributed by atoms with Crippen LogP contribution in [0.5, 0.6) is 11.5 Å². The summed E-state index contributed by atoms with van der Waals surface area (Å²) in [5.74, 6) is 1.38. The minimum Gasteiger partial charge on any atom is -0.491 e. The molecule has 2 aromatic carbocycles. The summed E-state index contributed by atoms with van der Waals surface area (Å²) in [5.41, 5.74) is -0.760. The highest BCUT2D eigenvalue weighted by Crippen LogP contribution is 2.27. The zero-order chi connectivity index (χ0) is 16.7. The van der Waals surface area contributed by atoms with Crippen LogP contribution < -0.4 is 9.47 Å². The van der Waals surface area contributed by atoms with E-state index in [-0.39, 0.29) is 13.2 Å². The second-order valence-electron chi connectivity index (χ2n) is 6.10. The number of benzene rings is 2. The lowest BCUT2D eigenvalue weighted by Crippen LogP contribution is -2.46. The highest BCUT2D eigenvalue weighted by Gasteiger charge is 2.36. The van der Waals surface area contributed by atoms with Crippen LogP contribution >= 0.6 is 0 Å². The molecule has 0 aliphatic carbocycles. The molecule has 4 heteroatoms. The van der Waals surface area contributed by atoms with Gasteiger partial charge in [0.15, 0.2) is 0 Å². The van der Waals surface area contributed by atoms with Crippen LogP contribution in [0, 0.1) is 5.41 Å². The van der Waals surface area contributed by atoms with E-state index >= 15 is 0 Å². The molecule has 0 amide bonds. The lowest BCUT2D eigenvalue weighted by molar-refractivity contribution is -0.0784. The number of aliphatic hydroxyl groups excluding tert-OH is 2. The zero-order valence-electron chi connectivity index (χ0n) is 13.6. The van der Waals surface area contributed by atoms with Gasteiger partial charge in [-0.1, -0.05) is 50.2 Å². The lowest BCUT2D eigenvalue weighted by atomic mass is 9.81. The molecule has 0 aliphatic rings. The summed E-state index contributed by atoms with van der Waals surface area (Å²) >= 11 is 0. The van der Waals surface area contributed by atoms with Gasteiger partial charge in [-0.05, 0) is 24.3 Å². The van der Waals surface area contributed by atoms with Crippen molar-refractivity contribution in [1.82, 2.24) is 0 Å². The minimum absolute atomic E-state index is 0.111. The average Bonchev–Trinajstić information content (AvgIpc) is 2.59. The van der Waals surface area contributed by atoms with Crippen molar-refractivity contribution in [3.8, 4) is 11.5 Å². The Balaban J connectivity index is 1.85. The molecule has 2 unspecified atom stereocenters. The molecule has 2 aromatic rings.